The fraction of sp³-hybridized carbons (Fsp3) is 0.222. The number of H-pyrrole nitrogens is 2. The van der Waals surface area contributed by atoms with Gasteiger partial charge >= 0.3 is 0 Å². The smallest absolute Gasteiger partial charge is 0.271 e. The molecule has 308 valence electrons. The van der Waals surface area contributed by atoms with Crippen LogP contribution in [0.2, 0.25) is 10.0 Å². The summed E-state index contributed by atoms with van der Waals surface area (Å²) in [5, 5.41) is 32.3. The summed E-state index contributed by atoms with van der Waals surface area (Å²) in [6.07, 6.45) is 6.62. The minimum Gasteiger partial charge on any atom is -0.330 e. The van der Waals surface area contributed by atoms with E-state index in [4.69, 9.17) is 35.4 Å². The van der Waals surface area contributed by atoms with Gasteiger partial charge in [0.25, 0.3) is 17.0 Å². The van der Waals surface area contributed by atoms with Crippen LogP contribution in [0.1, 0.15) is 10.4 Å². The number of hydrogen-bond acceptors (Lipinski definition) is 12. The van der Waals surface area contributed by atoms with E-state index in [2.05, 4.69) is 83.9 Å². The third-order valence-electron chi connectivity index (χ3n) is 8.49. The average Bonchev–Trinajstić information content (AvgIpc) is 4.00. The van der Waals surface area contributed by atoms with Crippen molar-refractivity contribution in [1.82, 2.24) is 60.4 Å². The number of halogens is 4. The van der Waals surface area contributed by atoms with Gasteiger partial charge in [-0.05, 0) is 109 Å². The standard InChI is InChI=1S/C18H19BrClN7O2S.C18H17BrClN7OS/c1-26(2)5-6-27-9-10(7-12(19)17(27)29)16(28)24-25-18(30)22-14-4-3-13-11(15(14)20)8-21-23-13;1-26(2)5-6-27-9-10(7-12(19)17(27)28)16-24-25-18(29-16)22-14-4-3-13-11(15(14)20)8-21-23-13/h3-4,7-9H,5-6H2,1-2H3,(H,21,23)(H,24,28)(H2,22,25,30);3-4,7-9H,5-6H2,1-2H3,(H,21,23)(H,22,25). The summed E-state index contributed by atoms with van der Waals surface area (Å²) >= 11 is 26.0. The first-order valence-electron chi connectivity index (χ1n) is 17.5. The van der Waals surface area contributed by atoms with Crippen LogP contribution in [0, 0.1) is 0 Å². The third-order valence-corrected chi connectivity index (χ3v) is 11.5. The monoisotopic (exact) mass is 1000 g/mol. The molecule has 0 atom stereocenters. The largest absolute Gasteiger partial charge is 0.330 e. The molecule has 5 heterocycles. The van der Waals surface area contributed by atoms with Gasteiger partial charge in [0, 0.05) is 54.9 Å². The number of aromatic nitrogens is 8. The van der Waals surface area contributed by atoms with Gasteiger partial charge in [0.15, 0.2) is 10.1 Å². The number of hydrogen-bond donors (Lipinski definition) is 6. The Morgan fingerprint density at radius 3 is 1.98 bits per heavy atom. The molecule has 0 aliphatic carbocycles. The van der Waals surface area contributed by atoms with E-state index in [1.165, 1.54) is 28.2 Å². The minimum absolute atomic E-state index is 0.0707. The number of hydrazine groups is 1. The van der Waals surface area contributed by atoms with E-state index in [-0.39, 0.29) is 16.2 Å². The van der Waals surface area contributed by atoms with E-state index < -0.39 is 5.91 Å². The lowest BCUT2D eigenvalue weighted by atomic mass is 10.2. The summed E-state index contributed by atoms with van der Waals surface area (Å²) in [6, 6.07) is 10.6. The zero-order valence-corrected chi connectivity index (χ0v) is 38.0. The first-order chi connectivity index (χ1) is 28.2. The van der Waals surface area contributed by atoms with Crippen LogP contribution < -0.4 is 32.6 Å². The molecule has 0 unspecified atom stereocenters. The molecular formula is C36H36Br2Cl2N14O3S2. The molecule has 0 aliphatic rings. The molecule has 59 heavy (non-hydrogen) atoms. The number of carbonyl (C=O) groups is 1. The number of benzene rings is 2. The first-order valence-corrected chi connectivity index (χ1v) is 21.1. The topological polar surface area (TPSA) is 199 Å². The first kappa shape index (κ1) is 43.8. The van der Waals surface area contributed by atoms with Crippen molar-refractivity contribution in [3.05, 3.63) is 106 Å². The van der Waals surface area contributed by atoms with Crippen LogP contribution in [0.15, 0.2) is 79.7 Å². The van der Waals surface area contributed by atoms with Crippen molar-refractivity contribution in [2.75, 3.05) is 51.9 Å². The van der Waals surface area contributed by atoms with E-state index in [9.17, 15) is 14.4 Å². The number of fused-ring (bicyclic) bond motifs is 2. The van der Waals surface area contributed by atoms with E-state index in [0.717, 1.165) is 39.6 Å². The number of nitrogens with one attached hydrogen (secondary N) is 6. The SMILES string of the molecule is CN(C)CCn1cc(-c2nnc(Nc3ccc4[nH]ncc4c3Cl)s2)cc(Br)c1=O.CN(C)CCn1cc(C(=O)NNC(=S)Nc2ccc3[nH]ncc3c2Cl)cc(Br)c1=O. The lowest BCUT2D eigenvalue weighted by molar-refractivity contribution is 0.0943. The summed E-state index contributed by atoms with van der Waals surface area (Å²) in [7, 11) is 7.76. The van der Waals surface area contributed by atoms with E-state index in [1.807, 2.05) is 62.4 Å². The van der Waals surface area contributed by atoms with Crippen LogP contribution in [0.3, 0.4) is 0 Å². The van der Waals surface area contributed by atoms with Crippen LogP contribution in [0.4, 0.5) is 16.5 Å². The molecule has 0 saturated carbocycles. The van der Waals surface area contributed by atoms with Crippen LogP contribution >= 0.6 is 78.6 Å². The number of aromatic amines is 2. The molecule has 23 heteroatoms. The van der Waals surface area contributed by atoms with Gasteiger partial charge in [-0.2, -0.15) is 10.2 Å². The Morgan fingerprint density at radius 1 is 0.814 bits per heavy atom. The van der Waals surface area contributed by atoms with Gasteiger partial charge in [-0.1, -0.05) is 34.5 Å². The van der Waals surface area contributed by atoms with E-state index in [1.54, 1.807) is 29.1 Å². The number of rotatable bonds is 11. The fourth-order valence-corrected chi connectivity index (χ4v) is 7.76. The number of pyridine rings is 2. The van der Waals surface area contributed by atoms with Crippen molar-refractivity contribution < 1.29 is 4.79 Å². The Bertz CT molecular complexity index is 2770. The molecule has 17 nitrogen and oxygen atoms in total. The van der Waals surface area contributed by atoms with Crippen LogP contribution in [0.5, 0.6) is 0 Å². The normalized spacial score (nSPS) is 11.2. The number of likely N-dealkylation sites (N-methyl/N-ethyl adjacent to an activating group) is 2. The zero-order valence-electron chi connectivity index (χ0n) is 31.7. The molecule has 0 saturated heterocycles. The van der Waals surface area contributed by atoms with Gasteiger partial charge in [0.1, 0.15) is 0 Å². The van der Waals surface area contributed by atoms with Gasteiger partial charge in [-0.25, -0.2) is 0 Å². The van der Waals surface area contributed by atoms with Gasteiger partial charge in [-0.3, -0.25) is 35.4 Å². The molecule has 5 aromatic heterocycles. The van der Waals surface area contributed by atoms with Crippen molar-refractivity contribution in [2.24, 2.45) is 0 Å². The number of carbonyl (C=O) groups excluding carboxylic acids is 1. The van der Waals surface area contributed by atoms with Crippen molar-refractivity contribution in [3.8, 4) is 10.6 Å². The maximum absolute atomic E-state index is 12.5. The highest BCUT2D eigenvalue weighted by Crippen LogP contribution is 2.35. The van der Waals surface area contributed by atoms with Crippen molar-refractivity contribution in [1.29, 1.82) is 0 Å². The van der Waals surface area contributed by atoms with Gasteiger partial charge < -0.3 is 29.6 Å². The number of nitrogens with zero attached hydrogens (tertiary/aromatic N) is 8. The summed E-state index contributed by atoms with van der Waals surface area (Å²) < 4.78 is 3.95. The number of thiocarbonyl (C=S) groups is 1. The Labute approximate surface area is 372 Å². The average molecular weight is 1010 g/mol. The molecular weight excluding hydrogens is 971 g/mol. The number of anilines is 3. The minimum atomic E-state index is -0.449. The maximum Gasteiger partial charge on any atom is 0.271 e. The van der Waals surface area contributed by atoms with Crippen molar-refractivity contribution >= 4 is 128 Å². The fourth-order valence-electron chi connectivity index (χ4n) is 5.39. The molecule has 0 spiro atoms. The predicted molar refractivity (Wildman–Crippen MR) is 245 cm³/mol. The Hall–Kier alpha value is -4.74. The van der Waals surface area contributed by atoms with Crippen molar-refractivity contribution in [2.45, 2.75) is 13.1 Å². The lowest BCUT2D eigenvalue weighted by Crippen LogP contribution is -2.44. The van der Waals surface area contributed by atoms with Gasteiger partial charge in [-0.15, -0.1) is 10.2 Å². The molecule has 1 amide bonds. The third kappa shape index (κ3) is 10.9. The molecule has 2 aromatic carbocycles. The van der Waals surface area contributed by atoms with Gasteiger partial charge in [0.05, 0.1) is 59.4 Å². The highest BCUT2D eigenvalue weighted by molar-refractivity contribution is 9.10. The molecule has 0 aliphatic heterocycles. The molecule has 6 N–H and O–H groups in total. The lowest BCUT2D eigenvalue weighted by Gasteiger charge is -2.15. The Balaban J connectivity index is 0.000000198. The second-order valence-corrected chi connectivity index (χ2v) is 17.2. The van der Waals surface area contributed by atoms with Crippen LogP contribution in [-0.4, -0.2) is 102 Å². The second kappa shape index (κ2) is 19.5. The summed E-state index contributed by atoms with van der Waals surface area (Å²) in [4.78, 5) is 41.1. The highest BCUT2D eigenvalue weighted by atomic mass is 79.9. The quantitative estimate of drug-likeness (QED) is 0.0625. The van der Waals surface area contributed by atoms with E-state index >= 15 is 0 Å². The second-order valence-electron chi connectivity index (χ2n) is 13.3. The van der Waals surface area contributed by atoms with Crippen LogP contribution in [-0.2, 0) is 13.1 Å². The van der Waals surface area contributed by atoms with Crippen molar-refractivity contribution in [3.63, 3.8) is 0 Å². The highest BCUT2D eigenvalue weighted by Gasteiger charge is 2.15. The van der Waals surface area contributed by atoms with Gasteiger partial charge in [0.2, 0.25) is 5.13 Å². The summed E-state index contributed by atoms with van der Waals surface area (Å²) in [5.41, 5.74) is 8.93. The summed E-state index contributed by atoms with van der Waals surface area (Å²) in [5.74, 6) is -0.449. The van der Waals surface area contributed by atoms with E-state index in [0.29, 0.717) is 60.0 Å². The molecule has 0 fully saturated rings. The van der Waals surface area contributed by atoms with Crippen LogP contribution in [0.25, 0.3) is 32.4 Å². The predicted octanol–water partition coefficient (Wildman–Crippen LogP) is 6.30. The molecule has 7 aromatic rings. The number of amides is 1. The molecule has 7 rings (SSSR count). The maximum atomic E-state index is 12.5. The Kier molecular flexibility index (Phi) is 14.5. The zero-order chi connectivity index (χ0) is 42.4. The molecule has 0 radical (unpaired) electrons. The summed E-state index contributed by atoms with van der Waals surface area (Å²) in [6.45, 7) is 2.45. The Morgan fingerprint density at radius 2 is 1.37 bits per heavy atom. The molecule has 0 bridgehead atoms.